The minimum absolute atomic E-state index is 0.00482. The summed E-state index contributed by atoms with van der Waals surface area (Å²) >= 11 is 0. The van der Waals surface area contributed by atoms with E-state index in [9.17, 15) is 5.11 Å². The number of nitrogens with zero attached hydrogens (tertiary/aromatic N) is 1. The van der Waals surface area contributed by atoms with E-state index in [2.05, 4.69) is 37.1 Å². The number of rotatable bonds is 3. The van der Waals surface area contributed by atoms with Crippen molar-refractivity contribution in [2.75, 3.05) is 32.7 Å². The van der Waals surface area contributed by atoms with Gasteiger partial charge in [0.15, 0.2) is 0 Å². The fraction of sp³-hybridized carbons (Fsp3) is 0.625. The molecule has 106 valence electrons. The zero-order chi connectivity index (χ0) is 13.9. The van der Waals surface area contributed by atoms with Gasteiger partial charge in [-0.2, -0.15) is 0 Å². The van der Waals surface area contributed by atoms with Crippen molar-refractivity contribution in [3.05, 3.63) is 29.3 Å². The van der Waals surface area contributed by atoms with Gasteiger partial charge < -0.3 is 15.3 Å². The van der Waals surface area contributed by atoms with E-state index < -0.39 is 0 Å². The molecule has 1 aliphatic rings. The molecule has 0 atom stereocenters. The van der Waals surface area contributed by atoms with Gasteiger partial charge in [-0.3, -0.25) is 0 Å². The first-order valence-electron chi connectivity index (χ1n) is 7.23. The second kappa shape index (κ2) is 5.93. The molecular weight excluding hydrogens is 236 g/mol. The van der Waals surface area contributed by atoms with Crippen LogP contribution in [0.5, 0.6) is 5.75 Å². The fourth-order valence-corrected chi connectivity index (χ4v) is 2.61. The van der Waals surface area contributed by atoms with Crippen molar-refractivity contribution in [1.82, 2.24) is 10.2 Å². The van der Waals surface area contributed by atoms with E-state index >= 15 is 0 Å². The standard InChI is InChI=1S/C16H26N2O/c1-16(2,3)14-6-4-5-13(15(14)19)7-10-18-11-8-17-9-12-18/h4-6,17,19H,7-12H2,1-3H3. The molecule has 1 aromatic rings. The highest BCUT2D eigenvalue weighted by Crippen LogP contribution is 2.33. The van der Waals surface area contributed by atoms with Crippen LogP contribution < -0.4 is 5.32 Å². The average Bonchev–Trinajstić information content (AvgIpc) is 2.37. The Morgan fingerprint density at radius 2 is 1.89 bits per heavy atom. The number of nitrogens with one attached hydrogen (secondary N) is 1. The van der Waals surface area contributed by atoms with Gasteiger partial charge in [-0.25, -0.2) is 0 Å². The van der Waals surface area contributed by atoms with Crippen molar-refractivity contribution in [3.63, 3.8) is 0 Å². The molecule has 1 heterocycles. The largest absolute Gasteiger partial charge is 0.507 e. The van der Waals surface area contributed by atoms with E-state index in [0.717, 1.165) is 50.3 Å². The van der Waals surface area contributed by atoms with Gasteiger partial charge in [-0.1, -0.05) is 39.0 Å². The number of phenolic OH excluding ortho intramolecular Hbond substituents is 1. The van der Waals surface area contributed by atoms with Gasteiger partial charge in [0.05, 0.1) is 0 Å². The van der Waals surface area contributed by atoms with Crippen LogP contribution in [0.4, 0.5) is 0 Å². The van der Waals surface area contributed by atoms with Crippen LogP contribution in [0, 0.1) is 0 Å². The molecule has 1 aromatic carbocycles. The summed E-state index contributed by atoms with van der Waals surface area (Å²) in [6, 6.07) is 6.14. The van der Waals surface area contributed by atoms with Crippen LogP contribution in [0.25, 0.3) is 0 Å². The molecule has 19 heavy (non-hydrogen) atoms. The Morgan fingerprint density at radius 3 is 2.53 bits per heavy atom. The van der Waals surface area contributed by atoms with Crippen LogP contribution in [0.1, 0.15) is 31.9 Å². The van der Waals surface area contributed by atoms with Crippen molar-refractivity contribution in [1.29, 1.82) is 0 Å². The van der Waals surface area contributed by atoms with Gasteiger partial charge in [-0.15, -0.1) is 0 Å². The number of piperazine rings is 1. The first-order chi connectivity index (χ1) is 8.98. The lowest BCUT2D eigenvalue weighted by molar-refractivity contribution is 0.243. The Kier molecular flexibility index (Phi) is 4.48. The van der Waals surface area contributed by atoms with E-state index in [1.54, 1.807) is 0 Å². The molecule has 2 N–H and O–H groups in total. The van der Waals surface area contributed by atoms with Crippen molar-refractivity contribution < 1.29 is 5.11 Å². The molecule has 0 unspecified atom stereocenters. The molecule has 0 radical (unpaired) electrons. The molecule has 0 aromatic heterocycles. The Balaban J connectivity index is 2.04. The summed E-state index contributed by atoms with van der Waals surface area (Å²) in [5.74, 6) is 0.491. The zero-order valence-corrected chi connectivity index (χ0v) is 12.4. The quantitative estimate of drug-likeness (QED) is 0.876. The molecule has 0 aliphatic carbocycles. The van der Waals surface area contributed by atoms with Crippen LogP contribution in [-0.4, -0.2) is 42.7 Å². The average molecular weight is 262 g/mol. The highest BCUT2D eigenvalue weighted by molar-refractivity contribution is 5.44. The maximum absolute atomic E-state index is 10.4. The van der Waals surface area contributed by atoms with Gasteiger partial charge in [-0.05, 0) is 23.0 Å². The summed E-state index contributed by atoms with van der Waals surface area (Å²) in [6.07, 6.45) is 0.926. The first kappa shape index (κ1) is 14.4. The normalized spacial score (nSPS) is 17.6. The van der Waals surface area contributed by atoms with Crippen molar-refractivity contribution >= 4 is 0 Å². The molecule has 0 spiro atoms. The molecule has 2 rings (SSSR count). The Labute approximate surface area is 116 Å². The number of hydrogen-bond acceptors (Lipinski definition) is 3. The molecular formula is C16H26N2O. The SMILES string of the molecule is CC(C)(C)c1cccc(CCN2CCNCC2)c1O. The lowest BCUT2D eigenvalue weighted by atomic mass is 9.85. The van der Waals surface area contributed by atoms with E-state index in [1.807, 2.05) is 12.1 Å². The second-order valence-electron chi connectivity index (χ2n) is 6.40. The highest BCUT2D eigenvalue weighted by Gasteiger charge is 2.20. The van der Waals surface area contributed by atoms with E-state index in [0.29, 0.717) is 5.75 Å². The van der Waals surface area contributed by atoms with E-state index in [-0.39, 0.29) is 5.41 Å². The van der Waals surface area contributed by atoms with E-state index in [4.69, 9.17) is 0 Å². The van der Waals surface area contributed by atoms with Crippen LogP contribution in [0.3, 0.4) is 0 Å². The monoisotopic (exact) mass is 262 g/mol. The molecule has 1 saturated heterocycles. The lowest BCUT2D eigenvalue weighted by Gasteiger charge is -2.27. The number of phenols is 1. The predicted octanol–water partition coefficient (Wildman–Crippen LogP) is 2.14. The minimum Gasteiger partial charge on any atom is -0.507 e. The smallest absolute Gasteiger partial charge is 0.122 e. The van der Waals surface area contributed by atoms with Gasteiger partial charge in [0.25, 0.3) is 0 Å². The summed E-state index contributed by atoms with van der Waals surface area (Å²) in [5.41, 5.74) is 2.12. The van der Waals surface area contributed by atoms with Crippen molar-refractivity contribution in [3.8, 4) is 5.75 Å². The van der Waals surface area contributed by atoms with Crippen LogP contribution in [0.2, 0.25) is 0 Å². The van der Waals surface area contributed by atoms with Crippen LogP contribution in [-0.2, 0) is 11.8 Å². The van der Waals surface area contributed by atoms with Crippen LogP contribution in [0.15, 0.2) is 18.2 Å². The van der Waals surface area contributed by atoms with Crippen molar-refractivity contribution in [2.45, 2.75) is 32.6 Å². The first-order valence-corrected chi connectivity index (χ1v) is 7.23. The second-order valence-corrected chi connectivity index (χ2v) is 6.40. The Morgan fingerprint density at radius 1 is 1.21 bits per heavy atom. The topological polar surface area (TPSA) is 35.5 Å². The fourth-order valence-electron chi connectivity index (χ4n) is 2.61. The van der Waals surface area contributed by atoms with Gasteiger partial charge in [0.1, 0.15) is 5.75 Å². The number of hydrogen-bond donors (Lipinski definition) is 2. The third-order valence-corrected chi connectivity index (χ3v) is 3.83. The van der Waals surface area contributed by atoms with Gasteiger partial charge in [0, 0.05) is 32.7 Å². The van der Waals surface area contributed by atoms with Crippen molar-refractivity contribution in [2.24, 2.45) is 0 Å². The molecule has 3 nitrogen and oxygen atoms in total. The minimum atomic E-state index is -0.00482. The summed E-state index contributed by atoms with van der Waals surface area (Å²) in [4.78, 5) is 2.46. The third kappa shape index (κ3) is 3.71. The number of para-hydroxylation sites is 1. The lowest BCUT2D eigenvalue weighted by Crippen LogP contribution is -2.44. The molecule has 0 bridgehead atoms. The molecule has 1 fully saturated rings. The predicted molar refractivity (Wildman–Crippen MR) is 79.8 cm³/mol. The third-order valence-electron chi connectivity index (χ3n) is 3.83. The summed E-state index contributed by atoms with van der Waals surface area (Å²) < 4.78 is 0. The molecule has 0 saturated carbocycles. The maximum atomic E-state index is 10.4. The molecule has 0 amide bonds. The molecule has 1 aliphatic heterocycles. The summed E-state index contributed by atoms with van der Waals surface area (Å²) in [6.45, 7) is 11.8. The highest BCUT2D eigenvalue weighted by atomic mass is 16.3. The Bertz CT molecular complexity index is 417. The maximum Gasteiger partial charge on any atom is 0.122 e. The number of aromatic hydroxyl groups is 1. The van der Waals surface area contributed by atoms with Crippen LogP contribution >= 0.6 is 0 Å². The number of benzene rings is 1. The van der Waals surface area contributed by atoms with Gasteiger partial charge in [0.2, 0.25) is 0 Å². The molecule has 3 heteroatoms. The van der Waals surface area contributed by atoms with E-state index in [1.165, 1.54) is 0 Å². The zero-order valence-electron chi connectivity index (χ0n) is 12.4. The van der Waals surface area contributed by atoms with Gasteiger partial charge >= 0.3 is 0 Å². The Hall–Kier alpha value is -1.06. The summed E-state index contributed by atoms with van der Waals surface area (Å²) in [7, 11) is 0. The summed E-state index contributed by atoms with van der Waals surface area (Å²) in [5, 5.41) is 13.8.